The summed E-state index contributed by atoms with van der Waals surface area (Å²) in [5.74, 6) is 0.209. The molecule has 1 aliphatic heterocycles. The molecule has 1 saturated heterocycles. The van der Waals surface area contributed by atoms with Crippen molar-refractivity contribution in [3.05, 3.63) is 35.9 Å². The lowest BCUT2D eigenvalue weighted by atomic mass is 9.77. The minimum absolute atomic E-state index is 0.0477. The number of amides is 1. The van der Waals surface area contributed by atoms with Gasteiger partial charge in [0.2, 0.25) is 5.91 Å². The Morgan fingerprint density at radius 3 is 2.62 bits per heavy atom. The van der Waals surface area contributed by atoms with Crippen LogP contribution in [0.3, 0.4) is 0 Å². The summed E-state index contributed by atoms with van der Waals surface area (Å²) in [6.45, 7) is 9.00. The fourth-order valence-electron chi connectivity index (χ4n) is 3.10. The van der Waals surface area contributed by atoms with E-state index in [0.717, 1.165) is 32.4 Å². The molecule has 3 heteroatoms. The fraction of sp³-hybridized carbons (Fsp3) is 0.611. The topological polar surface area (TPSA) is 41.1 Å². The Labute approximate surface area is 128 Å². The van der Waals surface area contributed by atoms with E-state index >= 15 is 0 Å². The van der Waals surface area contributed by atoms with Crippen LogP contribution in [0.1, 0.15) is 45.6 Å². The van der Waals surface area contributed by atoms with Crippen molar-refractivity contribution in [1.82, 2.24) is 10.6 Å². The van der Waals surface area contributed by atoms with Gasteiger partial charge in [0, 0.05) is 18.5 Å². The van der Waals surface area contributed by atoms with Gasteiger partial charge in [-0.05, 0) is 31.4 Å². The molecule has 0 spiro atoms. The minimum atomic E-state index is -0.217. The monoisotopic (exact) mass is 288 g/mol. The van der Waals surface area contributed by atoms with Crippen molar-refractivity contribution in [3.63, 3.8) is 0 Å². The molecule has 21 heavy (non-hydrogen) atoms. The van der Waals surface area contributed by atoms with Crippen molar-refractivity contribution in [1.29, 1.82) is 0 Å². The highest BCUT2D eigenvalue weighted by Crippen LogP contribution is 2.31. The lowest BCUT2D eigenvalue weighted by Gasteiger charge is -2.36. The summed E-state index contributed by atoms with van der Waals surface area (Å²) in [4.78, 5) is 12.7. The first-order valence-electron chi connectivity index (χ1n) is 8.05. The zero-order valence-corrected chi connectivity index (χ0v) is 13.5. The molecule has 0 bridgehead atoms. The second-order valence-electron chi connectivity index (χ2n) is 6.85. The van der Waals surface area contributed by atoms with Gasteiger partial charge < -0.3 is 10.6 Å². The van der Waals surface area contributed by atoms with Crippen molar-refractivity contribution in [3.8, 4) is 0 Å². The van der Waals surface area contributed by atoms with E-state index in [1.54, 1.807) is 0 Å². The van der Waals surface area contributed by atoms with Gasteiger partial charge in [0.05, 0.1) is 5.41 Å². The highest BCUT2D eigenvalue weighted by atomic mass is 16.2. The van der Waals surface area contributed by atoms with E-state index in [1.165, 1.54) is 5.56 Å². The van der Waals surface area contributed by atoms with E-state index in [4.69, 9.17) is 0 Å². The zero-order chi connectivity index (χ0) is 15.3. The number of piperidine rings is 1. The summed E-state index contributed by atoms with van der Waals surface area (Å²) in [7, 11) is 0. The quantitative estimate of drug-likeness (QED) is 0.875. The van der Waals surface area contributed by atoms with Gasteiger partial charge in [0.25, 0.3) is 0 Å². The highest BCUT2D eigenvalue weighted by Gasteiger charge is 2.38. The van der Waals surface area contributed by atoms with Crippen molar-refractivity contribution in [2.24, 2.45) is 5.41 Å². The van der Waals surface area contributed by atoms with Crippen LogP contribution >= 0.6 is 0 Å². The predicted molar refractivity (Wildman–Crippen MR) is 87.3 cm³/mol. The normalized spacial score (nSPS) is 22.8. The number of benzene rings is 1. The summed E-state index contributed by atoms with van der Waals surface area (Å²) in [6, 6.07) is 10.4. The van der Waals surface area contributed by atoms with E-state index in [1.807, 2.05) is 6.07 Å². The van der Waals surface area contributed by atoms with Crippen molar-refractivity contribution in [2.75, 3.05) is 19.6 Å². The fourth-order valence-corrected chi connectivity index (χ4v) is 3.10. The van der Waals surface area contributed by atoms with Crippen LogP contribution in [0, 0.1) is 5.41 Å². The number of hydrogen-bond acceptors (Lipinski definition) is 2. The minimum Gasteiger partial charge on any atom is -0.355 e. The van der Waals surface area contributed by atoms with E-state index in [0.29, 0.717) is 6.54 Å². The summed E-state index contributed by atoms with van der Waals surface area (Å²) in [6.07, 6.45) is 2.98. The molecule has 1 heterocycles. The lowest BCUT2D eigenvalue weighted by Crippen LogP contribution is -2.52. The van der Waals surface area contributed by atoms with Gasteiger partial charge in [-0.1, -0.05) is 51.1 Å². The Bertz CT molecular complexity index is 461. The summed E-state index contributed by atoms with van der Waals surface area (Å²) in [5, 5.41) is 6.58. The molecule has 116 valence electrons. The number of hydrogen-bond donors (Lipinski definition) is 2. The van der Waals surface area contributed by atoms with Crippen LogP contribution in [0.2, 0.25) is 0 Å². The molecule has 0 saturated carbocycles. The third-order valence-electron chi connectivity index (χ3n) is 4.88. The number of rotatable bonds is 5. The molecule has 0 aliphatic carbocycles. The van der Waals surface area contributed by atoms with Crippen LogP contribution in [0.25, 0.3) is 0 Å². The Morgan fingerprint density at radius 1 is 1.33 bits per heavy atom. The molecular formula is C18H28N2O. The third kappa shape index (κ3) is 3.65. The molecule has 1 fully saturated rings. The van der Waals surface area contributed by atoms with Gasteiger partial charge in [0.15, 0.2) is 0 Å². The molecule has 0 aromatic heterocycles. The third-order valence-corrected chi connectivity index (χ3v) is 4.88. The van der Waals surface area contributed by atoms with Crippen LogP contribution in [-0.2, 0) is 10.2 Å². The van der Waals surface area contributed by atoms with Crippen molar-refractivity contribution >= 4 is 5.91 Å². The second-order valence-corrected chi connectivity index (χ2v) is 6.85. The summed E-state index contributed by atoms with van der Waals surface area (Å²) in [5.41, 5.74) is 0.997. The van der Waals surface area contributed by atoms with E-state index in [-0.39, 0.29) is 16.7 Å². The molecule has 1 aromatic rings. The van der Waals surface area contributed by atoms with Crippen LogP contribution in [-0.4, -0.2) is 25.5 Å². The van der Waals surface area contributed by atoms with Crippen LogP contribution in [0.4, 0.5) is 0 Å². The summed E-state index contributed by atoms with van der Waals surface area (Å²) >= 11 is 0. The Hall–Kier alpha value is -1.35. The lowest BCUT2D eigenvalue weighted by molar-refractivity contribution is -0.132. The molecule has 1 aromatic carbocycles. The first kappa shape index (κ1) is 16.0. The number of carbonyl (C=O) groups excluding carboxylic acids is 1. The van der Waals surface area contributed by atoms with E-state index < -0.39 is 0 Å². The summed E-state index contributed by atoms with van der Waals surface area (Å²) < 4.78 is 0. The SMILES string of the molecule is CCC1(C(=O)NCC(C)(C)c2ccccc2)CCCNC1. The van der Waals surface area contributed by atoms with Gasteiger partial charge in [-0.3, -0.25) is 4.79 Å². The number of nitrogens with one attached hydrogen (secondary N) is 2. The molecule has 1 aliphatic rings. The smallest absolute Gasteiger partial charge is 0.227 e. The van der Waals surface area contributed by atoms with Crippen LogP contribution in [0.15, 0.2) is 30.3 Å². The molecule has 2 rings (SSSR count). The first-order chi connectivity index (χ1) is 10.0. The van der Waals surface area contributed by atoms with Crippen LogP contribution in [0.5, 0.6) is 0 Å². The molecule has 1 atom stereocenters. The maximum absolute atomic E-state index is 12.7. The average Bonchev–Trinajstić information content (AvgIpc) is 2.54. The van der Waals surface area contributed by atoms with Gasteiger partial charge in [-0.15, -0.1) is 0 Å². The number of carbonyl (C=O) groups is 1. The largest absolute Gasteiger partial charge is 0.355 e. The average molecular weight is 288 g/mol. The standard InChI is InChI=1S/C18H28N2O/c1-4-18(11-8-12-19-14-18)16(21)20-13-17(2,3)15-9-6-5-7-10-15/h5-7,9-10,19H,4,8,11-14H2,1-3H3,(H,20,21). The van der Waals surface area contributed by atoms with Gasteiger partial charge in [-0.25, -0.2) is 0 Å². The predicted octanol–water partition coefficient (Wildman–Crippen LogP) is 2.86. The second kappa shape index (κ2) is 6.61. The molecule has 0 radical (unpaired) electrons. The van der Waals surface area contributed by atoms with Crippen molar-refractivity contribution < 1.29 is 4.79 Å². The first-order valence-corrected chi connectivity index (χ1v) is 8.05. The Balaban J connectivity index is 2.00. The Kier molecular flexibility index (Phi) is 5.04. The maximum Gasteiger partial charge on any atom is 0.227 e. The van der Waals surface area contributed by atoms with E-state index in [2.05, 4.69) is 55.7 Å². The molecule has 1 amide bonds. The van der Waals surface area contributed by atoms with Gasteiger partial charge in [-0.2, -0.15) is 0 Å². The molecule has 2 N–H and O–H groups in total. The van der Waals surface area contributed by atoms with E-state index in [9.17, 15) is 4.79 Å². The molecular weight excluding hydrogens is 260 g/mol. The Morgan fingerprint density at radius 2 is 2.05 bits per heavy atom. The van der Waals surface area contributed by atoms with Gasteiger partial charge >= 0.3 is 0 Å². The molecule has 3 nitrogen and oxygen atoms in total. The highest BCUT2D eigenvalue weighted by molar-refractivity contribution is 5.83. The van der Waals surface area contributed by atoms with Crippen LogP contribution < -0.4 is 10.6 Å². The maximum atomic E-state index is 12.7. The van der Waals surface area contributed by atoms with Gasteiger partial charge in [0.1, 0.15) is 0 Å². The van der Waals surface area contributed by atoms with Crippen molar-refractivity contribution in [2.45, 2.75) is 45.4 Å². The molecule has 1 unspecified atom stereocenters. The zero-order valence-electron chi connectivity index (χ0n) is 13.5.